The molecule has 0 unspecified atom stereocenters. The van der Waals surface area contributed by atoms with Crippen molar-refractivity contribution in [1.29, 1.82) is 0 Å². The van der Waals surface area contributed by atoms with Gasteiger partial charge < -0.3 is 24.7 Å². The Kier molecular flexibility index (Phi) is 4.42. The van der Waals surface area contributed by atoms with Crippen molar-refractivity contribution in [3.8, 4) is 0 Å². The molecule has 128 valence electrons. The molecular weight excluding hydrogens is 325 g/mol. The molecule has 0 saturated carbocycles. The van der Waals surface area contributed by atoms with Crippen molar-refractivity contribution in [2.75, 3.05) is 11.9 Å². The standard InChI is InChI=1S/C14H14FN3O6/c15-8-4-18(11-3-9(20)10(5-19)24-11)14(22)17-12(8)16-13(21)7-1-2-23-6-7/h1-2,4,6,9-11,19-20H,3,5H2,(H,16,17,21,22)/t9-,10+,11+/m0/s1. The topological polar surface area (TPSA) is 127 Å². The monoisotopic (exact) mass is 339 g/mol. The number of hydrogen-bond donors (Lipinski definition) is 3. The molecule has 1 fully saturated rings. The smallest absolute Gasteiger partial charge is 0.351 e. The molecule has 3 N–H and O–H groups in total. The van der Waals surface area contributed by atoms with Gasteiger partial charge in [0.15, 0.2) is 11.6 Å². The van der Waals surface area contributed by atoms with Gasteiger partial charge in [-0.3, -0.25) is 9.36 Å². The minimum absolute atomic E-state index is 0.00692. The lowest BCUT2D eigenvalue weighted by Gasteiger charge is -2.15. The van der Waals surface area contributed by atoms with Crippen LogP contribution in [0.15, 0.2) is 34.0 Å². The van der Waals surface area contributed by atoms with E-state index >= 15 is 0 Å². The molecule has 10 heteroatoms. The summed E-state index contributed by atoms with van der Waals surface area (Å²) in [5.41, 5.74) is -0.719. The molecule has 0 aliphatic carbocycles. The Morgan fingerprint density at radius 3 is 2.96 bits per heavy atom. The van der Waals surface area contributed by atoms with E-state index in [2.05, 4.69) is 10.3 Å². The molecule has 2 aromatic heterocycles. The fourth-order valence-corrected chi connectivity index (χ4v) is 2.36. The molecule has 3 rings (SSSR count). The summed E-state index contributed by atoms with van der Waals surface area (Å²) in [7, 11) is 0. The van der Waals surface area contributed by atoms with Gasteiger partial charge in [0.1, 0.15) is 18.6 Å². The second-order valence-corrected chi connectivity index (χ2v) is 5.21. The largest absolute Gasteiger partial charge is 0.472 e. The number of rotatable bonds is 4. The SMILES string of the molecule is O=C(Nc1nc(=O)n([C@H]2C[C@H](O)[C@@H](CO)O2)cc1F)c1ccoc1. The number of carbonyl (C=O) groups is 1. The number of halogens is 1. The number of furan rings is 1. The number of nitrogens with one attached hydrogen (secondary N) is 1. The van der Waals surface area contributed by atoms with Gasteiger partial charge >= 0.3 is 5.69 Å². The summed E-state index contributed by atoms with van der Waals surface area (Å²) in [5.74, 6) is -2.16. The summed E-state index contributed by atoms with van der Waals surface area (Å²) in [4.78, 5) is 27.4. The zero-order chi connectivity index (χ0) is 17.3. The second kappa shape index (κ2) is 6.51. The molecule has 1 amide bonds. The first kappa shape index (κ1) is 16.3. The minimum atomic E-state index is -0.976. The van der Waals surface area contributed by atoms with E-state index < -0.39 is 48.3 Å². The summed E-state index contributed by atoms with van der Waals surface area (Å²) < 4.78 is 25.0. The van der Waals surface area contributed by atoms with Crippen molar-refractivity contribution in [2.45, 2.75) is 24.9 Å². The Bertz CT molecular complexity index is 790. The Balaban J connectivity index is 1.82. The number of aromatic nitrogens is 2. The quantitative estimate of drug-likeness (QED) is 0.708. The number of anilines is 1. The van der Waals surface area contributed by atoms with E-state index in [1.807, 2.05) is 0 Å². The summed E-state index contributed by atoms with van der Waals surface area (Å²) in [6, 6.07) is 1.37. The van der Waals surface area contributed by atoms with E-state index in [1.165, 1.54) is 12.3 Å². The molecule has 1 aliphatic heterocycles. The molecule has 24 heavy (non-hydrogen) atoms. The van der Waals surface area contributed by atoms with Gasteiger partial charge in [-0.25, -0.2) is 9.18 Å². The maximum atomic E-state index is 14.1. The maximum absolute atomic E-state index is 14.1. The van der Waals surface area contributed by atoms with Gasteiger partial charge in [-0.15, -0.1) is 0 Å². The fraction of sp³-hybridized carbons (Fsp3) is 0.357. The highest BCUT2D eigenvalue weighted by atomic mass is 19.1. The van der Waals surface area contributed by atoms with Crippen LogP contribution in [0.25, 0.3) is 0 Å². The summed E-state index contributed by atoms with van der Waals surface area (Å²) in [6.07, 6.45) is 0.490. The summed E-state index contributed by atoms with van der Waals surface area (Å²) >= 11 is 0. The van der Waals surface area contributed by atoms with Crippen LogP contribution in [0, 0.1) is 5.82 Å². The lowest BCUT2D eigenvalue weighted by molar-refractivity contribution is -0.0461. The highest BCUT2D eigenvalue weighted by molar-refractivity contribution is 6.03. The first-order valence-electron chi connectivity index (χ1n) is 7.06. The molecule has 9 nitrogen and oxygen atoms in total. The molecule has 2 aromatic rings. The van der Waals surface area contributed by atoms with Crippen molar-refractivity contribution in [3.05, 3.63) is 46.7 Å². The van der Waals surface area contributed by atoms with Crippen LogP contribution in [0.5, 0.6) is 0 Å². The number of nitrogens with zero attached hydrogens (tertiary/aromatic N) is 2. The predicted molar refractivity (Wildman–Crippen MR) is 76.7 cm³/mol. The first-order valence-corrected chi connectivity index (χ1v) is 7.06. The average molecular weight is 339 g/mol. The lowest BCUT2D eigenvalue weighted by atomic mass is 10.2. The molecule has 1 saturated heterocycles. The van der Waals surface area contributed by atoms with Crippen LogP contribution < -0.4 is 11.0 Å². The Morgan fingerprint density at radius 1 is 1.54 bits per heavy atom. The zero-order valence-corrected chi connectivity index (χ0v) is 12.3. The van der Waals surface area contributed by atoms with E-state index in [0.29, 0.717) is 0 Å². The van der Waals surface area contributed by atoms with Gasteiger partial charge in [0.2, 0.25) is 0 Å². The summed E-state index contributed by atoms with van der Waals surface area (Å²) in [5, 5.41) is 20.9. The van der Waals surface area contributed by atoms with Gasteiger partial charge in [-0.1, -0.05) is 0 Å². The van der Waals surface area contributed by atoms with Crippen LogP contribution in [0.2, 0.25) is 0 Å². The third-order valence-electron chi connectivity index (χ3n) is 3.62. The molecule has 0 aromatic carbocycles. The van der Waals surface area contributed by atoms with E-state index in [4.69, 9.17) is 14.3 Å². The number of aliphatic hydroxyl groups is 2. The van der Waals surface area contributed by atoms with Gasteiger partial charge in [-0.05, 0) is 6.07 Å². The lowest BCUT2D eigenvalue weighted by Crippen LogP contribution is -2.30. The molecule has 1 aliphatic rings. The fourth-order valence-electron chi connectivity index (χ4n) is 2.36. The van der Waals surface area contributed by atoms with Crippen molar-refractivity contribution in [2.24, 2.45) is 0 Å². The number of amides is 1. The average Bonchev–Trinajstić information content (AvgIpc) is 3.20. The second-order valence-electron chi connectivity index (χ2n) is 5.21. The zero-order valence-electron chi connectivity index (χ0n) is 12.3. The molecule has 0 spiro atoms. The van der Waals surface area contributed by atoms with Crippen molar-refractivity contribution in [1.82, 2.24) is 9.55 Å². The van der Waals surface area contributed by atoms with Gasteiger partial charge in [-0.2, -0.15) is 4.98 Å². The van der Waals surface area contributed by atoms with Crippen molar-refractivity contribution < 1.29 is 28.6 Å². The number of carbonyl (C=O) groups excluding carboxylic acids is 1. The van der Waals surface area contributed by atoms with Crippen molar-refractivity contribution in [3.63, 3.8) is 0 Å². The number of ether oxygens (including phenoxy) is 1. The molecule has 0 radical (unpaired) electrons. The highest BCUT2D eigenvalue weighted by Crippen LogP contribution is 2.27. The predicted octanol–water partition coefficient (Wildman–Crippen LogP) is -0.132. The Hall–Kier alpha value is -2.56. The number of hydrogen-bond acceptors (Lipinski definition) is 7. The molecular formula is C14H14FN3O6. The van der Waals surface area contributed by atoms with Crippen LogP contribution in [-0.2, 0) is 4.74 Å². The Labute approximate surface area is 134 Å². The highest BCUT2D eigenvalue weighted by Gasteiger charge is 2.35. The minimum Gasteiger partial charge on any atom is -0.472 e. The van der Waals surface area contributed by atoms with Crippen LogP contribution in [0.1, 0.15) is 23.0 Å². The van der Waals surface area contributed by atoms with E-state index in [9.17, 15) is 19.1 Å². The first-order chi connectivity index (χ1) is 11.5. The van der Waals surface area contributed by atoms with Gasteiger partial charge in [0.25, 0.3) is 5.91 Å². The van der Waals surface area contributed by atoms with Crippen molar-refractivity contribution >= 4 is 11.7 Å². The van der Waals surface area contributed by atoms with E-state index in [-0.39, 0.29) is 12.0 Å². The van der Waals surface area contributed by atoms with Crippen LogP contribution in [0.3, 0.4) is 0 Å². The van der Waals surface area contributed by atoms with E-state index in [1.54, 1.807) is 0 Å². The Morgan fingerprint density at radius 2 is 2.33 bits per heavy atom. The van der Waals surface area contributed by atoms with Gasteiger partial charge in [0, 0.05) is 6.42 Å². The van der Waals surface area contributed by atoms with E-state index in [0.717, 1.165) is 17.0 Å². The van der Waals surface area contributed by atoms with Crippen LogP contribution >= 0.6 is 0 Å². The molecule has 3 atom stereocenters. The van der Waals surface area contributed by atoms with Crippen LogP contribution in [0.4, 0.5) is 10.2 Å². The number of aliphatic hydroxyl groups excluding tert-OH is 2. The molecule has 0 bridgehead atoms. The maximum Gasteiger partial charge on any atom is 0.351 e. The third-order valence-corrected chi connectivity index (χ3v) is 3.62. The normalized spacial score (nSPS) is 23.4. The molecule has 3 heterocycles. The van der Waals surface area contributed by atoms with Gasteiger partial charge in [0.05, 0.1) is 30.7 Å². The van der Waals surface area contributed by atoms with Crippen LogP contribution in [-0.4, -0.2) is 44.5 Å². The third kappa shape index (κ3) is 3.07. The summed E-state index contributed by atoms with van der Waals surface area (Å²) in [6.45, 7) is -0.429.